The summed E-state index contributed by atoms with van der Waals surface area (Å²) in [6.45, 7) is 1.50. The van der Waals surface area contributed by atoms with E-state index in [-0.39, 0.29) is 18.0 Å². The zero-order valence-electron chi connectivity index (χ0n) is 9.84. The number of rotatable bonds is 1. The Morgan fingerprint density at radius 2 is 1.94 bits per heavy atom. The highest BCUT2D eigenvalue weighted by Crippen LogP contribution is 2.77. The van der Waals surface area contributed by atoms with Crippen LogP contribution in [0.1, 0.15) is 19.8 Å². The van der Waals surface area contributed by atoms with Crippen molar-refractivity contribution in [3.05, 3.63) is 0 Å². The summed E-state index contributed by atoms with van der Waals surface area (Å²) in [5, 5.41) is 0. The SMILES string of the molecule is CC(=O)O[C@H]1[C@H]2C[C@@H]3[C@H]4[C@@H]5C[C@@H](C(=O)[C@H]5[C@H]31)[C@@H]24. The summed E-state index contributed by atoms with van der Waals surface area (Å²) in [4.78, 5) is 23.6. The Hall–Kier alpha value is -0.860. The van der Waals surface area contributed by atoms with Crippen molar-refractivity contribution in [2.75, 3.05) is 0 Å². The van der Waals surface area contributed by atoms with Crippen LogP contribution in [-0.2, 0) is 14.3 Å². The Balaban J connectivity index is 1.65. The van der Waals surface area contributed by atoms with E-state index >= 15 is 0 Å². The summed E-state index contributed by atoms with van der Waals surface area (Å²) >= 11 is 0. The fraction of sp³-hybridized carbons (Fsp3) is 0.857. The number of fused-ring (bicyclic) bond motifs is 5. The molecule has 3 heteroatoms. The Labute approximate surface area is 99.9 Å². The number of ketones is 1. The van der Waals surface area contributed by atoms with Crippen LogP contribution in [0.4, 0.5) is 0 Å². The molecule has 0 spiro atoms. The summed E-state index contributed by atoms with van der Waals surface area (Å²) in [5.41, 5.74) is 0. The van der Waals surface area contributed by atoms with Gasteiger partial charge in [0.2, 0.25) is 0 Å². The van der Waals surface area contributed by atoms with Gasteiger partial charge in [0.15, 0.2) is 0 Å². The molecule has 0 aromatic rings. The maximum Gasteiger partial charge on any atom is 0.302 e. The molecule has 9 atom stereocenters. The second kappa shape index (κ2) is 2.45. The zero-order valence-corrected chi connectivity index (χ0v) is 9.84. The average molecular weight is 232 g/mol. The van der Waals surface area contributed by atoms with Crippen molar-refractivity contribution < 1.29 is 14.3 Å². The molecule has 5 aliphatic carbocycles. The van der Waals surface area contributed by atoms with E-state index in [1.54, 1.807) is 0 Å². The van der Waals surface area contributed by atoms with E-state index in [0.29, 0.717) is 41.3 Å². The molecule has 0 saturated heterocycles. The lowest BCUT2D eigenvalue weighted by atomic mass is 9.76. The molecule has 0 unspecified atom stereocenters. The molecule has 5 rings (SSSR count). The van der Waals surface area contributed by atoms with Gasteiger partial charge in [-0.05, 0) is 36.5 Å². The Kier molecular flexibility index (Phi) is 1.32. The lowest BCUT2D eigenvalue weighted by Crippen LogP contribution is -2.36. The van der Waals surface area contributed by atoms with Crippen molar-refractivity contribution in [1.29, 1.82) is 0 Å². The van der Waals surface area contributed by atoms with Crippen LogP contribution < -0.4 is 0 Å². The van der Waals surface area contributed by atoms with Crippen LogP contribution >= 0.6 is 0 Å². The van der Waals surface area contributed by atoms with Gasteiger partial charge in [-0.25, -0.2) is 0 Å². The highest BCUT2D eigenvalue weighted by atomic mass is 16.5. The lowest BCUT2D eigenvalue weighted by Gasteiger charge is -2.32. The third kappa shape index (κ3) is 0.747. The first-order chi connectivity index (χ1) is 8.18. The molecule has 0 aliphatic heterocycles. The third-order valence-corrected chi connectivity index (χ3v) is 6.63. The van der Waals surface area contributed by atoms with Gasteiger partial charge in [-0.2, -0.15) is 0 Å². The number of carbonyl (C=O) groups excluding carboxylic acids is 2. The summed E-state index contributed by atoms with van der Waals surface area (Å²) in [6, 6.07) is 0. The molecule has 3 nitrogen and oxygen atoms in total. The monoisotopic (exact) mass is 232 g/mol. The predicted molar refractivity (Wildman–Crippen MR) is 57.7 cm³/mol. The van der Waals surface area contributed by atoms with Crippen LogP contribution in [0.15, 0.2) is 0 Å². The van der Waals surface area contributed by atoms with Crippen LogP contribution in [-0.4, -0.2) is 17.9 Å². The molecule has 0 N–H and O–H groups in total. The standard InChI is InChI=1S/C14H16O3/c1-4(15)17-14-8-3-6-9-5-2-7(10(8)9)13(16)11(5)12(6)14/h5-12,14H,2-3H2,1H3/t5-,6+,7+,8-,9+,10-,11+,12-,14-/m0/s1. The van der Waals surface area contributed by atoms with Gasteiger partial charge in [0.25, 0.3) is 0 Å². The number of Topliss-reactive ketones (excluding diaryl/α,β-unsaturated/α-hetero) is 1. The van der Waals surface area contributed by atoms with E-state index in [2.05, 4.69) is 0 Å². The summed E-state index contributed by atoms with van der Waals surface area (Å²) in [7, 11) is 0. The van der Waals surface area contributed by atoms with Gasteiger partial charge < -0.3 is 4.74 Å². The Bertz CT molecular complexity index is 456. The van der Waals surface area contributed by atoms with Crippen molar-refractivity contribution in [3.63, 3.8) is 0 Å². The van der Waals surface area contributed by atoms with Gasteiger partial charge in [0.1, 0.15) is 11.9 Å². The second-order valence-electron chi connectivity index (χ2n) is 6.80. The number of esters is 1. The van der Waals surface area contributed by atoms with Crippen LogP contribution in [0, 0.1) is 47.3 Å². The quantitative estimate of drug-likeness (QED) is 0.639. The molecule has 90 valence electrons. The molecular weight excluding hydrogens is 216 g/mol. The highest BCUT2D eigenvalue weighted by molar-refractivity contribution is 5.89. The summed E-state index contributed by atoms with van der Waals surface area (Å²) in [6.07, 6.45) is 2.48. The van der Waals surface area contributed by atoms with Gasteiger partial charge in [0.05, 0.1) is 0 Å². The molecule has 0 aromatic heterocycles. The minimum Gasteiger partial charge on any atom is -0.462 e. The van der Waals surface area contributed by atoms with Crippen molar-refractivity contribution in [2.45, 2.75) is 25.9 Å². The molecule has 0 aromatic carbocycles. The van der Waals surface area contributed by atoms with Gasteiger partial charge >= 0.3 is 5.97 Å². The second-order valence-corrected chi connectivity index (χ2v) is 6.80. The number of hydrogen-bond donors (Lipinski definition) is 0. The van der Waals surface area contributed by atoms with E-state index in [1.807, 2.05) is 0 Å². The van der Waals surface area contributed by atoms with E-state index in [1.165, 1.54) is 13.3 Å². The first-order valence-electron chi connectivity index (χ1n) is 6.89. The fourth-order valence-corrected chi connectivity index (χ4v) is 6.73. The number of carbonyl (C=O) groups is 2. The molecule has 5 aliphatic rings. The summed E-state index contributed by atoms with van der Waals surface area (Å²) < 4.78 is 5.58. The normalized spacial score (nSPS) is 64.1. The van der Waals surface area contributed by atoms with Crippen molar-refractivity contribution in [3.8, 4) is 0 Å². The van der Waals surface area contributed by atoms with Crippen molar-refractivity contribution >= 4 is 11.8 Å². The Morgan fingerprint density at radius 3 is 2.71 bits per heavy atom. The zero-order chi connectivity index (χ0) is 11.5. The predicted octanol–water partition coefficient (Wildman–Crippen LogP) is 1.26. The van der Waals surface area contributed by atoms with Gasteiger partial charge in [0, 0.05) is 30.6 Å². The topological polar surface area (TPSA) is 43.4 Å². The van der Waals surface area contributed by atoms with Gasteiger partial charge in [-0.1, -0.05) is 0 Å². The van der Waals surface area contributed by atoms with Crippen LogP contribution in [0.2, 0.25) is 0 Å². The molecular formula is C14H16O3. The van der Waals surface area contributed by atoms with Gasteiger partial charge in [-0.15, -0.1) is 0 Å². The first-order valence-corrected chi connectivity index (χ1v) is 6.89. The molecule has 5 fully saturated rings. The third-order valence-electron chi connectivity index (χ3n) is 6.63. The first kappa shape index (κ1) is 9.12. The minimum absolute atomic E-state index is 0.0861. The molecule has 0 heterocycles. The summed E-state index contributed by atoms with van der Waals surface area (Å²) in [5.74, 6) is 4.67. The lowest BCUT2D eigenvalue weighted by molar-refractivity contribution is -0.153. The number of ether oxygens (including phenoxy) is 1. The van der Waals surface area contributed by atoms with E-state index in [0.717, 1.165) is 12.3 Å². The molecule has 0 radical (unpaired) electrons. The van der Waals surface area contributed by atoms with E-state index < -0.39 is 0 Å². The average Bonchev–Trinajstić information content (AvgIpc) is 2.90. The minimum atomic E-state index is -0.161. The van der Waals surface area contributed by atoms with Gasteiger partial charge in [-0.3, -0.25) is 9.59 Å². The smallest absolute Gasteiger partial charge is 0.302 e. The molecule has 17 heavy (non-hydrogen) atoms. The number of hydrogen-bond acceptors (Lipinski definition) is 3. The van der Waals surface area contributed by atoms with Crippen molar-refractivity contribution in [1.82, 2.24) is 0 Å². The van der Waals surface area contributed by atoms with Crippen LogP contribution in [0.5, 0.6) is 0 Å². The Morgan fingerprint density at radius 1 is 1.12 bits per heavy atom. The molecule has 4 bridgehead atoms. The van der Waals surface area contributed by atoms with E-state index in [9.17, 15) is 9.59 Å². The molecule has 5 saturated carbocycles. The maximum absolute atomic E-state index is 12.3. The highest BCUT2D eigenvalue weighted by Gasteiger charge is 2.79. The van der Waals surface area contributed by atoms with E-state index in [4.69, 9.17) is 4.74 Å². The van der Waals surface area contributed by atoms with Crippen LogP contribution in [0.25, 0.3) is 0 Å². The van der Waals surface area contributed by atoms with Crippen LogP contribution in [0.3, 0.4) is 0 Å². The fourth-order valence-electron chi connectivity index (χ4n) is 6.73. The molecule has 0 amide bonds. The van der Waals surface area contributed by atoms with Crippen molar-refractivity contribution in [2.24, 2.45) is 47.3 Å². The largest absolute Gasteiger partial charge is 0.462 e. The maximum atomic E-state index is 12.3.